The predicted octanol–water partition coefficient (Wildman–Crippen LogP) is 1.95. The molecule has 0 saturated carbocycles. The Labute approximate surface area is 113 Å². The van der Waals surface area contributed by atoms with E-state index in [0.717, 1.165) is 11.3 Å². The van der Waals surface area contributed by atoms with Crippen LogP contribution in [0.1, 0.15) is 15.2 Å². The third-order valence-electron chi connectivity index (χ3n) is 2.29. The van der Waals surface area contributed by atoms with E-state index in [9.17, 15) is 13.2 Å². The number of carboxylic acids is 1. The molecule has 0 aromatic carbocycles. The van der Waals surface area contributed by atoms with Gasteiger partial charge in [0.25, 0.3) is 10.0 Å². The Balaban J connectivity index is 2.35. The first-order valence-corrected chi connectivity index (χ1v) is 7.46. The van der Waals surface area contributed by atoms with Crippen LogP contribution in [0, 0.1) is 6.92 Å². The molecule has 0 fully saturated rings. The normalized spacial score (nSPS) is 11.2. The number of carbonyl (C=O) groups is 1. The summed E-state index contributed by atoms with van der Waals surface area (Å²) in [5.74, 6) is -1.13. The van der Waals surface area contributed by atoms with Crippen molar-refractivity contribution < 1.29 is 18.3 Å². The number of rotatable bonds is 4. The number of hydrogen-bond donors (Lipinski definition) is 2. The molecule has 8 heteroatoms. The van der Waals surface area contributed by atoms with Crippen molar-refractivity contribution in [3.63, 3.8) is 0 Å². The van der Waals surface area contributed by atoms with Gasteiger partial charge in [0.1, 0.15) is 9.09 Å². The Bertz CT molecular complexity index is 708. The molecule has 6 nitrogen and oxygen atoms in total. The highest BCUT2D eigenvalue weighted by Gasteiger charge is 2.21. The van der Waals surface area contributed by atoms with E-state index in [-0.39, 0.29) is 9.09 Å². The molecule has 0 unspecified atom stereocenters. The van der Waals surface area contributed by atoms with Gasteiger partial charge in [-0.2, -0.15) is 0 Å². The van der Waals surface area contributed by atoms with Crippen LogP contribution in [0.15, 0.2) is 34.8 Å². The SMILES string of the molecule is Cc1cc(S(=O)(=O)Nc2ccncc2)sc1C(=O)O. The van der Waals surface area contributed by atoms with Crippen LogP contribution in [0.2, 0.25) is 0 Å². The zero-order valence-electron chi connectivity index (χ0n) is 9.82. The van der Waals surface area contributed by atoms with Gasteiger partial charge in [0.2, 0.25) is 0 Å². The van der Waals surface area contributed by atoms with Gasteiger partial charge >= 0.3 is 5.97 Å². The van der Waals surface area contributed by atoms with Gasteiger partial charge in [0, 0.05) is 12.4 Å². The Morgan fingerprint density at radius 2 is 2.00 bits per heavy atom. The average molecular weight is 298 g/mol. The lowest BCUT2D eigenvalue weighted by atomic mass is 10.3. The van der Waals surface area contributed by atoms with Crippen molar-refractivity contribution in [2.24, 2.45) is 0 Å². The standard InChI is InChI=1S/C11H10N2O4S2/c1-7-6-9(18-10(7)11(14)15)19(16,17)13-8-2-4-12-5-3-8/h2-6H,1H3,(H,12,13)(H,14,15). The monoisotopic (exact) mass is 298 g/mol. The molecule has 0 aliphatic carbocycles. The number of nitrogens with one attached hydrogen (secondary N) is 1. The minimum atomic E-state index is -3.77. The lowest BCUT2D eigenvalue weighted by Crippen LogP contribution is -2.11. The van der Waals surface area contributed by atoms with Crippen molar-refractivity contribution in [1.29, 1.82) is 0 Å². The van der Waals surface area contributed by atoms with Crippen molar-refractivity contribution in [3.05, 3.63) is 41.0 Å². The highest BCUT2D eigenvalue weighted by Crippen LogP contribution is 2.27. The molecular formula is C11H10N2O4S2. The van der Waals surface area contributed by atoms with E-state index in [4.69, 9.17) is 5.11 Å². The van der Waals surface area contributed by atoms with Crippen molar-refractivity contribution in [3.8, 4) is 0 Å². The zero-order chi connectivity index (χ0) is 14.0. The van der Waals surface area contributed by atoms with E-state index >= 15 is 0 Å². The Morgan fingerprint density at radius 3 is 2.53 bits per heavy atom. The molecule has 100 valence electrons. The summed E-state index contributed by atoms with van der Waals surface area (Å²) < 4.78 is 26.5. The van der Waals surface area contributed by atoms with Crippen molar-refractivity contribution >= 4 is 33.0 Å². The fraction of sp³-hybridized carbons (Fsp3) is 0.0909. The summed E-state index contributed by atoms with van der Waals surface area (Å²) in [5, 5.41) is 8.92. The second-order valence-electron chi connectivity index (χ2n) is 3.72. The molecule has 2 aromatic rings. The van der Waals surface area contributed by atoms with Crippen LogP contribution in [0.4, 0.5) is 5.69 Å². The molecule has 0 bridgehead atoms. The van der Waals surface area contributed by atoms with E-state index in [1.54, 1.807) is 6.92 Å². The van der Waals surface area contributed by atoms with Gasteiger partial charge in [-0.1, -0.05) is 0 Å². The summed E-state index contributed by atoms with van der Waals surface area (Å²) in [6.07, 6.45) is 2.92. The van der Waals surface area contributed by atoms with E-state index in [2.05, 4.69) is 9.71 Å². The minimum Gasteiger partial charge on any atom is -0.477 e. The van der Waals surface area contributed by atoms with Crippen LogP contribution in [0.3, 0.4) is 0 Å². The first-order valence-electron chi connectivity index (χ1n) is 5.17. The van der Waals surface area contributed by atoms with Crippen LogP contribution in [-0.2, 0) is 10.0 Å². The van der Waals surface area contributed by atoms with Crippen LogP contribution < -0.4 is 4.72 Å². The third kappa shape index (κ3) is 2.91. The topological polar surface area (TPSA) is 96.4 Å². The third-order valence-corrected chi connectivity index (χ3v) is 5.37. The summed E-state index contributed by atoms with van der Waals surface area (Å²) in [4.78, 5) is 14.7. The Kier molecular flexibility index (Phi) is 3.54. The van der Waals surface area contributed by atoms with E-state index < -0.39 is 16.0 Å². The number of pyridine rings is 1. The molecule has 2 N–H and O–H groups in total. The summed E-state index contributed by atoms with van der Waals surface area (Å²) in [5.41, 5.74) is 0.797. The summed E-state index contributed by atoms with van der Waals surface area (Å²) in [6, 6.07) is 4.36. The van der Waals surface area contributed by atoms with Gasteiger partial charge in [-0.05, 0) is 30.7 Å². The molecule has 2 heterocycles. The van der Waals surface area contributed by atoms with Crippen LogP contribution in [0.25, 0.3) is 0 Å². The predicted molar refractivity (Wildman–Crippen MR) is 71.1 cm³/mol. The van der Waals surface area contributed by atoms with E-state index in [0.29, 0.717) is 11.3 Å². The highest BCUT2D eigenvalue weighted by molar-refractivity contribution is 7.94. The van der Waals surface area contributed by atoms with Crippen molar-refractivity contribution in [2.45, 2.75) is 11.1 Å². The molecule has 0 saturated heterocycles. The number of nitrogens with zero attached hydrogens (tertiary/aromatic N) is 1. The molecule has 0 amide bonds. The summed E-state index contributed by atoms with van der Waals surface area (Å²) in [6.45, 7) is 1.56. The number of aromatic nitrogens is 1. The molecule has 0 radical (unpaired) electrons. The van der Waals surface area contributed by atoms with E-state index in [1.165, 1.54) is 30.6 Å². The quantitative estimate of drug-likeness (QED) is 0.899. The van der Waals surface area contributed by atoms with Crippen LogP contribution in [-0.4, -0.2) is 24.5 Å². The number of sulfonamides is 1. The first-order chi connectivity index (χ1) is 8.90. The maximum atomic E-state index is 12.1. The highest BCUT2D eigenvalue weighted by atomic mass is 32.2. The molecule has 0 spiro atoms. The number of carboxylic acid groups (broad SMARTS) is 1. The summed E-state index contributed by atoms with van der Waals surface area (Å²) >= 11 is 0.728. The molecule has 0 aliphatic rings. The smallest absolute Gasteiger partial charge is 0.346 e. The van der Waals surface area contributed by atoms with Gasteiger partial charge in [-0.15, -0.1) is 11.3 Å². The Morgan fingerprint density at radius 1 is 1.37 bits per heavy atom. The maximum absolute atomic E-state index is 12.1. The second-order valence-corrected chi connectivity index (χ2v) is 6.69. The lowest BCUT2D eigenvalue weighted by Gasteiger charge is -2.04. The van der Waals surface area contributed by atoms with Crippen LogP contribution >= 0.6 is 11.3 Å². The van der Waals surface area contributed by atoms with Crippen LogP contribution in [0.5, 0.6) is 0 Å². The lowest BCUT2D eigenvalue weighted by molar-refractivity contribution is 0.0701. The van der Waals surface area contributed by atoms with Crippen molar-refractivity contribution in [2.75, 3.05) is 4.72 Å². The fourth-order valence-corrected chi connectivity index (χ4v) is 3.86. The number of hydrogen-bond acceptors (Lipinski definition) is 5. The average Bonchev–Trinajstić information content (AvgIpc) is 2.73. The van der Waals surface area contributed by atoms with E-state index in [1.807, 2.05) is 0 Å². The van der Waals surface area contributed by atoms with Gasteiger partial charge < -0.3 is 5.11 Å². The Hall–Kier alpha value is -1.93. The molecule has 19 heavy (non-hydrogen) atoms. The first kappa shape index (κ1) is 13.5. The molecule has 2 aromatic heterocycles. The van der Waals surface area contributed by atoms with Gasteiger partial charge in [0.15, 0.2) is 0 Å². The maximum Gasteiger partial charge on any atom is 0.346 e. The number of anilines is 1. The largest absolute Gasteiger partial charge is 0.477 e. The zero-order valence-corrected chi connectivity index (χ0v) is 11.5. The molecule has 0 atom stereocenters. The number of thiophene rings is 1. The molecule has 2 rings (SSSR count). The van der Waals surface area contributed by atoms with Gasteiger partial charge in [-0.25, -0.2) is 13.2 Å². The van der Waals surface area contributed by atoms with Crippen molar-refractivity contribution in [1.82, 2.24) is 4.98 Å². The number of aryl methyl sites for hydroxylation is 1. The second kappa shape index (κ2) is 4.98. The molecule has 0 aliphatic heterocycles. The summed E-state index contributed by atoms with van der Waals surface area (Å²) in [7, 11) is -3.77. The van der Waals surface area contributed by atoms with Gasteiger partial charge in [-0.3, -0.25) is 9.71 Å². The molecular weight excluding hydrogens is 288 g/mol. The fourth-order valence-electron chi connectivity index (χ4n) is 1.42. The van der Waals surface area contributed by atoms with Gasteiger partial charge in [0.05, 0.1) is 5.69 Å². The minimum absolute atomic E-state index is 0.0232. The number of aromatic carboxylic acids is 1.